The van der Waals surface area contributed by atoms with E-state index in [2.05, 4.69) is 20.5 Å². The number of aromatic nitrogens is 4. The van der Waals surface area contributed by atoms with Gasteiger partial charge in [-0.2, -0.15) is 0 Å². The number of ether oxygens (including phenoxy) is 1. The largest absolute Gasteiger partial charge is 0.438 e. The first-order valence-corrected chi connectivity index (χ1v) is 8.34. The Morgan fingerprint density at radius 2 is 1.89 bits per heavy atom. The van der Waals surface area contributed by atoms with Crippen LogP contribution < -0.4 is 10.1 Å². The highest BCUT2D eigenvalue weighted by Gasteiger charge is 2.08. The molecular weight excluding hydrogens is 361 g/mol. The average molecular weight is 375 g/mol. The van der Waals surface area contributed by atoms with E-state index in [1.807, 2.05) is 0 Å². The molecule has 28 heavy (non-hydrogen) atoms. The smallest absolute Gasteiger partial charge is 0.255 e. The number of imidazole rings is 1. The molecule has 0 fully saturated rings. The van der Waals surface area contributed by atoms with Crippen molar-refractivity contribution >= 4 is 11.6 Å². The highest BCUT2D eigenvalue weighted by molar-refractivity contribution is 6.04. The molecule has 4 aromatic rings. The lowest BCUT2D eigenvalue weighted by molar-refractivity contribution is 0.102. The van der Waals surface area contributed by atoms with Crippen LogP contribution in [0.1, 0.15) is 10.4 Å². The van der Waals surface area contributed by atoms with E-state index in [1.165, 1.54) is 18.2 Å². The maximum atomic E-state index is 13.2. The van der Waals surface area contributed by atoms with Crippen molar-refractivity contribution in [3.8, 4) is 17.4 Å². The molecule has 0 atom stereocenters. The number of anilines is 1. The molecule has 2 aromatic carbocycles. The van der Waals surface area contributed by atoms with Crippen molar-refractivity contribution in [1.29, 1.82) is 0 Å². The zero-order chi connectivity index (χ0) is 19.3. The van der Waals surface area contributed by atoms with Crippen molar-refractivity contribution in [3.05, 3.63) is 90.8 Å². The fourth-order valence-electron chi connectivity index (χ4n) is 2.46. The molecule has 4 rings (SSSR count). The standard InChI is InChI=1S/C20H14FN5O2/c21-15-3-1-2-14(12-15)20(27)23-16-4-6-17(7-5-16)28-19-9-8-18(24-25-19)26-11-10-22-13-26/h1-13H,(H,23,27). The number of hydrogen-bond donors (Lipinski definition) is 1. The zero-order valence-corrected chi connectivity index (χ0v) is 14.5. The number of rotatable bonds is 5. The maximum absolute atomic E-state index is 13.2. The van der Waals surface area contributed by atoms with Crippen LogP contribution in [-0.2, 0) is 0 Å². The number of carbonyl (C=O) groups excluding carboxylic acids is 1. The van der Waals surface area contributed by atoms with Crippen LogP contribution in [0.4, 0.5) is 10.1 Å². The number of nitrogens with zero attached hydrogens (tertiary/aromatic N) is 4. The van der Waals surface area contributed by atoms with Crippen LogP contribution >= 0.6 is 0 Å². The fourth-order valence-corrected chi connectivity index (χ4v) is 2.46. The van der Waals surface area contributed by atoms with Gasteiger partial charge in [-0.1, -0.05) is 6.07 Å². The number of hydrogen-bond acceptors (Lipinski definition) is 5. The Labute approximate surface area is 159 Å². The number of carbonyl (C=O) groups is 1. The lowest BCUT2D eigenvalue weighted by Crippen LogP contribution is -2.11. The SMILES string of the molecule is O=C(Nc1ccc(Oc2ccc(-n3ccnc3)nn2)cc1)c1cccc(F)c1. The van der Waals surface area contributed by atoms with Gasteiger partial charge in [0.15, 0.2) is 5.82 Å². The molecule has 138 valence electrons. The molecule has 0 unspecified atom stereocenters. The third-order valence-corrected chi connectivity index (χ3v) is 3.82. The van der Waals surface area contributed by atoms with Crippen LogP contribution in [0.2, 0.25) is 0 Å². The van der Waals surface area contributed by atoms with Gasteiger partial charge in [0.1, 0.15) is 17.9 Å². The Morgan fingerprint density at radius 3 is 2.57 bits per heavy atom. The van der Waals surface area contributed by atoms with Crippen LogP contribution in [0.3, 0.4) is 0 Å². The lowest BCUT2D eigenvalue weighted by Gasteiger charge is -2.08. The minimum atomic E-state index is -0.462. The van der Waals surface area contributed by atoms with Crippen molar-refractivity contribution in [2.45, 2.75) is 0 Å². The quantitative estimate of drug-likeness (QED) is 0.573. The summed E-state index contributed by atoms with van der Waals surface area (Å²) in [6.07, 6.45) is 5.05. The van der Waals surface area contributed by atoms with Gasteiger partial charge in [-0.15, -0.1) is 10.2 Å². The van der Waals surface area contributed by atoms with Gasteiger partial charge < -0.3 is 10.1 Å². The molecule has 0 spiro atoms. The van der Waals surface area contributed by atoms with Crippen LogP contribution in [0.25, 0.3) is 5.82 Å². The first kappa shape index (κ1) is 17.3. The summed E-state index contributed by atoms with van der Waals surface area (Å²) in [5.41, 5.74) is 0.803. The van der Waals surface area contributed by atoms with E-state index in [4.69, 9.17) is 4.74 Å². The van der Waals surface area contributed by atoms with Gasteiger partial charge in [0.25, 0.3) is 5.91 Å². The molecule has 0 aliphatic rings. The zero-order valence-electron chi connectivity index (χ0n) is 14.5. The van der Waals surface area contributed by atoms with Crippen molar-refractivity contribution < 1.29 is 13.9 Å². The molecule has 0 radical (unpaired) electrons. The summed E-state index contributed by atoms with van der Waals surface area (Å²) < 4.78 is 20.6. The Kier molecular flexibility index (Phi) is 4.75. The molecule has 1 N–H and O–H groups in total. The highest BCUT2D eigenvalue weighted by atomic mass is 19.1. The molecule has 7 nitrogen and oxygen atoms in total. The Balaban J connectivity index is 1.40. The first-order valence-electron chi connectivity index (χ1n) is 8.34. The van der Waals surface area contributed by atoms with Gasteiger partial charge >= 0.3 is 0 Å². The van der Waals surface area contributed by atoms with Crippen molar-refractivity contribution in [2.24, 2.45) is 0 Å². The first-order chi connectivity index (χ1) is 13.7. The van der Waals surface area contributed by atoms with Gasteiger partial charge in [0, 0.05) is 29.7 Å². The second-order valence-electron chi connectivity index (χ2n) is 5.79. The van der Waals surface area contributed by atoms with E-state index < -0.39 is 11.7 Å². The van der Waals surface area contributed by atoms with E-state index in [9.17, 15) is 9.18 Å². The maximum Gasteiger partial charge on any atom is 0.255 e. The van der Waals surface area contributed by atoms with Crippen molar-refractivity contribution in [2.75, 3.05) is 5.32 Å². The molecule has 1 amide bonds. The molecule has 8 heteroatoms. The third kappa shape index (κ3) is 4.01. The monoisotopic (exact) mass is 375 g/mol. The summed E-state index contributed by atoms with van der Waals surface area (Å²) in [6.45, 7) is 0. The average Bonchev–Trinajstić information content (AvgIpc) is 3.25. The minimum Gasteiger partial charge on any atom is -0.438 e. The Hall–Kier alpha value is -4.07. The summed E-state index contributed by atoms with van der Waals surface area (Å²) in [4.78, 5) is 16.1. The fraction of sp³-hybridized carbons (Fsp3) is 0. The Morgan fingerprint density at radius 1 is 1.04 bits per heavy atom. The van der Waals surface area contributed by atoms with Gasteiger partial charge in [0.2, 0.25) is 5.88 Å². The molecular formula is C20H14FN5O2. The molecule has 0 aliphatic heterocycles. The predicted molar refractivity (Wildman–Crippen MR) is 100 cm³/mol. The third-order valence-electron chi connectivity index (χ3n) is 3.82. The summed E-state index contributed by atoms with van der Waals surface area (Å²) >= 11 is 0. The Bertz CT molecular complexity index is 1080. The number of nitrogens with one attached hydrogen (secondary N) is 1. The van der Waals surface area contributed by atoms with E-state index in [1.54, 1.807) is 65.8 Å². The van der Waals surface area contributed by atoms with Gasteiger partial charge in [0.05, 0.1) is 0 Å². The van der Waals surface area contributed by atoms with E-state index >= 15 is 0 Å². The molecule has 0 saturated heterocycles. The highest BCUT2D eigenvalue weighted by Crippen LogP contribution is 2.22. The van der Waals surface area contributed by atoms with Crippen LogP contribution in [-0.4, -0.2) is 25.7 Å². The second-order valence-corrected chi connectivity index (χ2v) is 5.79. The molecule has 0 bridgehead atoms. The van der Waals surface area contributed by atoms with E-state index in [0.717, 1.165) is 0 Å². The summed E-state index contributed by atoms with van der Waals surface area (Å²) in [5.74, 6) is 0.639. The summed E-state index contributed by atoms with van der Waals surface area (Å²) in [6, 6.07) is 15.7. The summed E-state index contributed by atoms with van der Waals surface area (Å²) in [5, 5.41) is 10.8. The predicted octanol–water partition coefficient (Wildman–Crippen LogP) is 3.85. The van der Waals surface area contributed by atoms with E-state index in [-0.39, 0.29) is 5.56 Å². The van der Waals surface area contributed by atoms with Crippen LogP contribution in [0.15, 0.2) is 79.4 Å². The number of benzene rings is 2. The second kappa shape index (κ2) is 7.67. The van der Waals surface area contributed by atoms with E-state index in [0.29, 0.717) is 23.1 Å². The molecule has 0 aliphatic carbocycles. The molecule has 2 heterocycles. The minimum absolute atomic E-state index is 0.244. The van der Waals surface area contributed by atoms with Crippen molar-refractivity contribution in [1.82, 2.24) is 19.7 Å². The number of amides is 1. The summed E-state index contributed by atoms with van der Waals surface area (Å²) in [7, 11) is 0. The van der Waals surface area contributed by atoms with Crippen molar-refractivity contribution in [3.63, 3.8) is 0 Å². The molecule has 2 aromatic heterocycles. The topological polar surface area (TPSA) is 81.9 Å². The molecule has 0 saturated carbocycles. The van der Waals surface area contributed by atoms with Crippen LogP contribution in [0.5, 0.6) is 11.6 Å². The number of halogens is 1. The van der Waals surface area contributed by atoms with Gasteiger partial charge in [-0.05, 0) is 48.5 Å². The van der Waals surface area contributed by atoms with Gasteiger partial charge in [-0.3, -0.25) is 9.36 Å². The normalized spacial score (nSPS) is 10.5. The van der Waals surface area contributed by atoms with Gasteiger partial charge in [-0.25, -0.2) is 9.37 Å². The lowest BCUT2D eigenvalue weighted by atomic mass is 10.2. The van der Waals surface area contributed by atoms with Crippen LogP contribution in [0, 0.1) is 5.82 Å².